The van der Waals surface area contributed by atoms with Gasteiger partial charge in [0.05, 0.1) is 13.0 Å². The molecule has 0 aliphatic carbocycles. The van der Waals surface area contributed by atoms with Gasteiger partial charge in [-0.3, -0.25) is 9.00 Å². The molecule has 2 saturated heterocycles. The van der Waals surface area contributed by atoms with E-state index in [1.54, 1.807) is 17.6 Å². The fourth-order valence-electron chi connectivity index (χ4n) is 2.84. The predicted molar refractivity (Wildman–Crippen MR) is 126 cm³/mol. The zero-order valence-corrected chi connectivity index (χ0v) is 21.6. The summed E-state index contributed by atoms with van der Waals surface area (Å²) in [6.07, 6.45) is -4.35. The van der Waals surface area contributed by atoms with Gasteiger partial charge < -0.3 is 10.5 Å². The molecule has 36 heavy (non-hydrogen) atoms. The van der Waals surface area contributed by atoms with E-state index in [9.17, 15) is 31.0 Å². The number of ketones is 1. The molecule has 3 heterocycles. The average Bonchev–Trinajstić information content (AvgIpc) is 2.87. The van der Waals surface area contributed by atoms with E-state index in [-0.39, 0.29) is 13.0 Å². The van der Waals surface area contributed by atoms with Gasteiger partial charge in [-0.05, 0) is 24.5 Å². The highest BCUT2D eigenvalue weighted by molar-refractivity contribution is 7.94. The van der Waals surface area contributed by atoms with Gasteiger partial charge in [-0.25, -0.2) is 27.7 Å². The molecule has 1 unspecified atom stereocenters. The molecule has 8 nitrogen and oxygen atoms in total. The summed E-state index contributed by atoms with van der Waals surface area (Å²) in [5.74, 6) is -0.400. The van der Waals surface area contributed by atoms with E-state index < -0.39 is 35.1 Å². The van der Waals surface area contributed by atoms with Crippen LogP contribution in [0.4, 0.5) is 26.5 Å². The number of alkyl halides is 5. The fraction of sp³-hybridized carbons (Fsp3) is 0.700. The Kier molecular flexibility index (Phi) is 18.0. The highest BCUT2D eigenvalue weighted by atomic mass is 32.2. The van der Waals surface area contributed by atoms with E-state index in [4.69, 9.17) is 20.3 Å². The average molecular weight is 571 g/mol. The Morgan fingerprint density at radius 1 is 1.28 bits per heavy atom. The number of Topliss-reactive ketones (excluding diaryl/α,β-unsaturated/α-hetero) is 1. The summed E-state index contributed by atoms with van der Waals surface area (Å²) < 4.78 is 88.0. The quantitative estimate of drug-likeness (QED) is 0.408. The van der Waals surface area contributed by atoms with Crippen LogP contribution in [-0.2, 0) is 22.1 Å². The lowest BCUT2D eigenvalue weighted by atomic mass is 9.99. The van der Waals surface area contributed by atoms with Gasteiger partial charge >= 0.3 is 6.18 Å². The molecule has 3 rings (SSSR count). The summed E-state index contributed by atoms with van der Waals surface area (Å²) in [6.45, 7) is 3.56. The van der Waals surface area contributed by atoms with E-state index >= 15 is 0 Å². The highest BCUT2D eigenvalue weighted by Crippen LogP contribution is 2.35. The largest absolute Gasteiger partial charge is 0.481 e. The maximum atomic E-state index is 12.7. The summed E-state index contributed by atoms with van der Waals surface area (Å²) in [5, 5.41) is 5.50. The Bertz CT molecular complexity index is 751. The van der Waals surface area contributed by atoms with Gasteiger partial charge in [-0.2, -0.15) is 13.2 Å². The van der Waals surface area contributed by atoms with Crippen LogP contribution in [0.5, 0.6) is 5.88 Å². The molecule has 2 aliphatic rings. The number of carbonyl (C=O) groups is 1. The Morgan fingerprint density at radius 3 is 2.33 bits per heavy atom. The molecule has 0 spiro atoms. The first kappa shape index (κ1) is 34.5. The summed E-state index contributed by atoms with van der Waals surface area (Å²) in [7, 11) is 0.844. The SMILES string of the molecule is CC(=O)C(F)F.COc1cc(CN)ccn1.O=S1CCN(SN2CCCC(C(F)(F)F)C2)CC1.OF. The Hall–Kier alpha value is -1.46. The molecule has 1 atom stereocenters. The van der Waals surface area contributed by atoms with Gasteiger partial charge in [-0.1, -0.05) is 4.53 Å². The normalized spacial score (nSPS) is 19.1. The minimum Gasteiger partial charge on any atom is -0.481 e. The number of halogens is 6. The van der Waals surface area contributed by atoms with Crippen molar-refractivity contribution < 1.29 is 45.5 Å². The molecular formula is C20H32F6N4O4S2. The van der Waals surface area contributed by atoms with Crippen molar-refractivity contribution in [1.29, 1.82) is 0 Å². The van der Waals surface area contributed by atoms with Crippen LogP contribution < -0.4 is 10.5 Å². The first-order chi connectivity index (χ1) is 17.0. The number of methoxy groups -OCH3 is 1. The Labute approximate surface area is 213 Å². The number of aromatic nitrogens is 1. The maximum absolute atomic E-state index is 12.7. The van der Waals surface area contributed by atoms with Crippen molar-refractivity contribution in [2.45, 2.75) is 38.9 Å². The van der Waals surface area contributed by atoms with Crippen molar-refractivity contribution in [3.63, 3.8) is 0 Å². The minimum atomic E-state index is -4.08. The molecule has 3 N–H and O–H groups in total. The van der Waals surface area contributed by atoms with Crippen molar-refractivity contribution in [3.05, 3.63) is 23.9 Å². The van der Waals surface area contributed by atoms with E-state index in [1.165, 1.54) is 12.1 Å². The lowest BCUT2D eigenvalue weighted by Gasteiger charge is -2.36. The maximum Gasteiger partial charge on any atom is 0.393 e. The number of piperidine rings is 1. The van der Waals surface area contributed by atoms with Crippen LogP contribution >= 0.6 is 12.1 Å². The molecule has 0 radical (unpaired) electrons. The second kappa shape index (κ2) is 18.7. The summed E-state index contributed by atoms with van der Waals surface area (Å²) in [6, 6.07) is 3.68. The fourth-order valence-corrected chi connectivity index (χ4v) is 5.25. The number of hydrogen-bond donors (Lipinski definition) is 2. The number of carbonyl (C=O) groups excluding carboxylic acids is 1. The smallest absolute Gasteiger partial charge is 0.393 e. The summed E-state index contributed by atoms with van der Waals surface area (Å²) in [4.78, 5) is 13.3. The first-order valence-corrected chi connectivity index (χ1v) is 12.9. The molecule has 0 bridgehead atoms. The molecule has 1 aromatic rings. The van der Waals surface area contributed by atoms with Crippen LogP contribution in [0.25, 0.3) is 0 Å². The van der Waals surface area contributed by atoms with Crippen molar-refractivity contribution in [2.24, 2.45) is 11.7 Å². The standard InChI is InChI=1S/C10H17F3N2OS2.C7H10N2O.C3H4F2O.FHO/c11-10(12,13)9-2-1-3-15(8-9)17-14-4-6-18(16)7-5-14;1-10-7-4-6(5-8)2-3-9-7;1-2(6)3(4)5;1-2/h9H,1-8H2;2-4H,5,8H2,1H3;3H,1H3;2H. The second-order valence-electron chi connectivity index (χ2n) is 7.45. The lowest BCUT2D eigenvalue weighted by molar-refractivity contribution is -0.182. The molecular weight excluding hydrogens is 538 g/mol. The van der Waals surface area contributed by atoms with Crippen LogP contribution in [-0.4, -0.2) is 86.3 Å². The van der Waals surface area contributed by atoms with E-state index in [0.717, 1.165) is 12.5 Å². The van der Waals surface area contributed by atoms with Gasteiger partial charge in [0.2, 0.25) is 5.88 Å². The zero-order valence-electron chi connectivity index (χ0n) is 19.9. The third kappa shape index (κ3) is 14.9. The summed E-state index contributed by atoms with van der Waals surface area (Å²) >= 11 is 1.40. The molecule has 1 aromatic heterocycles. The van der Waals surface area contributed by atoms with Crippen molar-refractivity contribution >= 4 is 28.7 Å². The van der Waals surface area contributed by atoms with Crippen LogP contribution in [0.2, 0.25) is 0 Å². The zero-order chi connectivity index (χ0) is 27.7. The van der Waals surface area contributed by atoms with E-state index in [0.29, 0.717) is 50.0 Å². The monoisotopic (exact) mass is 570 g/mol. The van der Waals surface area contributed by atoms with E-state index in [1.807, 2.05) is 16.4 Å². The van der Waals surface area contributed by atoms with Crippen LogP contribution in [0, 0.1) is 5.92 Å². The molecule has 0 amide bonds. The third-order valence-corrected chi connectivity index (χ3v) is 7.20. The van der Waals surface area contributed by atoms with Gasteiger partial charge in [0.25, 0.3) is 6.43 Å². The third-order valence-electron chi connectivity index (χ3n) is 4.77. The van der Waals surface area contributed by atoms with Gasteiger partial charge in [0.1, 0.15) is 0 Å². The Balaban J connectivity index is 0.000000573. The molecule has 16 heteroatoms. The first-order valence-electron chi connectivity index (χ1n) is 10.7. The second-order valence-corrected chi connectivity index (χ2v) is 10.3. The number of nitrogens with two attached hydrogens (primary N) is 1. The van der Waals surface area contributed by atoms with Gasteiger partial charge in [0, 0.05) is 86.3 Å². The lowest BCUT2D eigenvalue weighted by Crippen LogP contribution is -2.42. The molecule has 0 aromatic carbocycles. The minimum absolute atomic E-state index is 0.0771. The molecule has 0 saturated carbocycles. The van der Waals surface area contributed by atoms with Crippen molar-refractivity contribution in [2.75, 3.05) is 44.8 Å². The topological polar surface area (TPSA) is 109 Å². The number of hydrogen-bond acceptors (Lipinski definition) is 9. The Morgan fingerprint density at radius 2 is 1.86 bits per heavy atom. The number of rotatable bonds is 5. The highest BCUT2D eigenvalue weighted by Gasteiger charge is 2.42. The summed E-state index contributed by atoms with van der Waals surface area (Å²) in [5.41, 5.74) is 6.42. The molecule has 2 fully saturated rings. The predicted octanol–water partition coefficient (Wildman–Crippen LogP) is 3.14. The van der Waals surface area contributed by atoms with Crippen LogP contribution in [0.15, 0.2) is 18.3 Å². The molecule has 210 valence electrons. The van der Waals surface area contributed by atoms with Crippen molar-refractivity contribution in [3.8, 4) is 5.88 Å². The van der Waals surface area contributed by atoms with Gasteiger partial charge in [-0.15, -0.1) is 0 Å². The number of nitrogens with zero attached hydrogens (tertiary/aromatic N) is 3. The number of ether oxygens (including phenoxy) is 1. The number of pyridine rings is 1. The van der Waals surface area contributed by atoms with Crippen LogP contribution in [0.3, 0.4) is 0 Å². The van der Waals surface area contributed by atoms with E-state index in [2.05, 4.69) is 4.98 Å². The van der Waals surface area contributed by atoms with Crippen molar-refractivity contribution in [1.82, 2.24) is 13.6 Å². The van der Waals surface area contributed by atoms with Gasteiger partial charge in [0.15, 0.2) is 5.78 Å². The molecule has 2 aliphatic heterocycles. The van der Waals surface area contributed by atoms with Crippen LogP contribution in [0.1, 0.15) is 25.3 Å².